The number of carbonyl (C=O) groups is 1. The van der Waals surface area contributed by atoms with Crippen LogP contribution in [0.15, 0.2) is 158 Å². The van der Waals surface area contributed by atoms with Crippen LogP contribution in [0.3, 0.4) is 0 Å². The maximum absolute atomic E-state index is 13.6. The Morgan fingerprint density at radius 3 is 0.825 bits per heavy atom. The second-order valence-corrected chi connectivity index (χ2v) is 10.2. The van der Waals surface area contributed by atoms with Crippen LogP contribution in [0.5, 0.6) is 0 Å². The molecule has 0 aromatic heterocycles. The lowest BCUT2D eigenvalue weighted by Gasteiger charge is -2.12. The van der Waals surface area contributed by atoms with Crippen LogP contribution in [0.4, 0.5) is 0 Å². The van der Waals surface area contributed by atoms with Crippen molar-refractivity contribution in [2.75, 3.05) is 0 Å². The molecule has 0 aliphatic carbocycles. The lowest BCUT2D eigenvalue weighted by Crippen LogP contribution is -2.07. The lowest BCUT2D eigenvalue weighted by atomic mass is 9.92. The molecule has 6 rings (SSSR count). The van der Waals surface area contributed by atoms with Crippen LogP contribution < -0.4 is 0 Å². The van der Waals surface area contributed by atoms with Crippen molar-refractivity contribution in [2.45, 2.75) is 12.8 Å². The van der Waals surface area contributed by atoms with E-state index in [0.29, 0.717) is 12.8 Å². The molecule has 0 amide bonds. The molecule has 0 aliphatic rings. The Morgan fingerprint density at radius 2 is 0.575 bits per heavy atom. The topological polar surface area (TPSA) is 17.1 Å². The molecule has 0 bridgehead atoms. The highest BCUT2D eigenvalue weighted by Crippen LogP contribution is 2.31. The first kappa shape index (κ1) is 25.3. The van der Waals surface area contributed by atoms with E-state index >= 15 is 0 Å². The van der Waals surface area contributed by atoms with Gasteiger partial charge < -0.3 is 0 Å². The van der Waals surface area contributed by atoms with Gasteiger partial charge in [0.1, 0.15) is 5.78 Å². The molecule has 0 atom stereocenters. The van der Waals surface area contributed by atoms with E-state index in [1.807, 2.05) is 24.3 Å². The fourth-order valence-corrected chi connectivity index (χ4v) is 5.30. The van der Waals surface area contributed by atoms with Crippen molar-refractivity contribution in [1.29, 1.82) is 0 Å². The third kappa shape index (κ3) is 6.00. The normalized spacial score (nSPS) is 10.8. The Hall–Kier alpha value is -5.01. The minimum atomic E-state index is 0.202. The molecule has 0 spiro atoms. The molecule has 1 heteroatoms. The van der Waals surface area contributed by atoms with Gasteiger partial charge in [-0.05, 0) is 67.8 Å². The zero-order valence-corrected chi connectivity index (χ0v) is 22.3. The van der Waals surface area contributed by atoms with Crippen LogP contribution >= 0.6 is 0 Å². The fourth-order valence-electron chi connectivity index (χ4n) is 5.30. The molecule has 0 saturated carbocycles. The van der Waals surface area contributed by atoms with Crippen molar-refractivity contribution >= 4 is 5.78 Å². The molecule has 0 radical (unpaired) electrons. The summed E-state index contributed by atoms with van der Waals surface area (Å²) in [5.74, 6) is 0.202. The SMILES string of the molecule is O=C(Cc1cc(-c2ccccc2)cc(-c2ccccc2)c1)Cc1cc(-c2ccccc2)cc(-c2ccccc2)c1. The fraction of sp³-hybridized carbons (Fsp3) is 0.0513. The van der Waals surface area contributed by atoms with Gasteiger partial charge in [-0.25, -0.2) is 0 Å². The van der Waals surface area contributed by atoms with Gasteiger partial charge in [0, 0.05) is 12.8 Å². The first-order valence-corrected chi connectivity index (χ1v) is 13.7. The molecule has 1 nitrogen and oxygen atoms in total. The summed E-state index contributed by atoms with van der Waals surface area (Å²) >= 11 is 0. The number of benzene rings is 6. The van der Waals surface area contributed by atoms with Gasteiger partial charge in [-0.15, -0.1) is 0 Å². The van der Waals surface area contributed by atoms with E-state index in [4.69, 9.17) is 0 Å². The van der Waals surface area contributed by atoms with Gasteiger partial charge in [-0.1, -0.05) is 146 Å². The zero-order valence-electron chi connectivity index (χ0n) is 22.3. The standard InChI is InChI=1S/C39H30O/c40-39(25-29-21-35(31-13-5-1-6-14-31)27-36(22-29)32-15-7-2-8-16-32)26-30-23-37(33-17-9-3-10-18-33)28-38(24-30)34-19-11-4-12-20-34/h1-24,27-28H,25-26H2. The molecule has 40 heavy (non-hydrogen) atoms. The highest BCUT2D eigenvalue weighted by atomic mass is 16.1. The van der Waals surface area contributed by atoms with Crippen LogP contribution in [0, 0.1) is 0 Å². The van der Waals surface area contributed by atoms with Crippen LogP contribution in [0.1, 0.15) is 11.1 Å². The molecule has 0 saturated heterocycles. The van der Waals surface area contributed by atoms with Crippen LogP contribution in [-0.2, 0) is 17.6 Å². The highest BCUT2D eigenvalue weighted by molar-refractivity contribution is 5.86. The zero-order chi connectivity index (χ0) is 27.1. The van der Waals surface area contributed by atoms with Gasteiger partial charge in [0.15, 0.2) is 0 Å². The molecule has 0 unspecified atom stereocenters. The van der Waals surface area contributed by atoms with Crippen molar-refractivity contribution < 1.29 is 4.79 Å². The Bertz CT molecular complexity index is 1470. The Morgan fingerprint density at radius 1 is 0.325 bits per heavy atom. The van der Waals surface area contributed by atoms with E-state index in [-0.39, 0.29) is 5.78 Å². The second-order valence-electron chi connectivity index (χ2n) is 10.2. The van der Waals surface area contributed by atoms with Gasteiger partial charge in [0.25, 0.3) is 0 Å². The van der Waals surface area contributed by atoms with Gasteiger partial charge in [-0.2, -0.15) is 0 Å². The third-order valence-electron chi connectivity index (χ3n) is 7.22. The summed E-state index contributed by atoms with van der Waals surface area (Å²) in [6.07, 6.45) is 0.771. The lowest BCUT2D eigenvalue weighted by molar-refractivity contribution is -0.117. The first-order chi connectivity index (χ1) is 19.7. The number of carbonyl (C=O) groups excluding carboxylic acids is 1. The third-order valence-corrected chi connectivity index (χ3v) is 7.22. The number of Topliss-reactive ketones (excluding diaryl/α,β-unsaturated/α-hetero) is 1. The summed E-state index contributed by atoms with van der Waals surface area (Å²) in [5.41, 5.74) is 11.2. The summed E-state index contributed by atoms with van der Waals surface area (Å²) in [6.45, 7) is 0. The monoisotopic (exact) mass is 514 g/mol. The summed E-state index contributed by atoms with van der Waals surface area (Å²) in [7, 11) is 0. The van der Waals surface area contributed by atoms with E-state index in [2.05, 4.69) is 133 Å². The van der Waals surface area contributed by atoms with E-state index in [9.17, 15) is 4.79 Å². The Balaban J connectivity index is 1.33. The van der Waals surface area contributed by atoms with E-state index in [0.717, 1.165) is 55.6 Å². The summed E-state index contributed by atoms with van der Waals surface area (Å²) in [4.78, 5) is 13.6. The molecule has 0 heterocycles. The number of ketones is 1. The van der Waals surface area contributed by atoms with Crippen molar-refractivity contribution in [3.63, 3.8) is 0 Å². The van der Waals surface area contributed by atoms with Crippen molar-refractivity contribution in [3.8, 4) is 44.5 Å². The summed E-state index contributed by atoms with van der Waals surface area (Å²) in [6, 6.07) is 54.6. The van der Waals surface area contributed by atoms with Gasteiger partial charge in [0.2, 0.25) is 0 Å². The molecule has 6 aromatic carbocycles. The Labute approximate surface area is 236 Å². The first-order valence-electron chi connectivity index (χ1n) is 13.7. The maximum Gasteiger partial charge on any atom is 0.141 e. The van der Waals surface area contributed by atoms with Crippen molar-refractivity contribution in [3.05, 3.63) is 169 Å². The minimum Gasteiger partial charge on any atom is -0.299 e. The van der Waals surface area contributed by atoms with Gasteiger partial charge in [0.05, 0.1) is 0 Å². The van der Waals surface area contributed by atoms with Gasteiger partial charge >= 0.3 is 0 Å². The number of rotatable bonds is 8. The molecule has 6 aromatic rings. The summed E-state index contributed by atoms with van der Waals surface area (Å²) in [5, 5.41) is 0. The quantitative estimate of drug-likeness (QED) is 0.198. The molecule has 0 fully saturated rings. The molecular weight excluding hydrogens is 484 g/mol. The van der Waals surface area contributed by atoms with Crippen molar-refractivity contribution in [1.82, 2.24) is 0 Å². The molecule has 0 aliphatic heterocycles. The van der Waals surface area contributed by atoms with E-state index < -0.39 is 0 Å². The van der Waals surface area contributed by atoms with Crippen LogP contribution in [-0.4, -0.2) is 5.78 Å². The van der Waals surface area contributed by atoms with E-state index in [1.165, 1.54) is 0 Å². The molecular formula is C39H30O. The van der Waals surface area contributed by atoms with Gasteiger partial charge in [-0.3, -0.25) is 4.79 Å². The average molecular weight is 515 g/mol. The van der Waals surface area contributed by atoms with Crippen molar-refractivity contribution in [2.24, 2.45) is 0 Å². The smallest absolute Gasteiger partial charge is 0.141 e. The predicted octanol–water partition coefficient (Wildman–Crippen LogP) is 9.71. The summed E-state index contributed by atoms with van der Waals surface area (Å²) < 4.78 is 0. The van der Waals surface area contributed by atoms with E-state index in [1.54, 1.807) is 0 Å². The average Bonchev–Trinajstić information content (AvgIpc) is 3.02. The predicted molar refractivity (Wildman–Crippen MR) is 167 cm³/mol. The largest absolute Gasteiger partial charge is 0.299 e. The maximum atomic E-state index is 13.6. The minimum absolute atomic E-state index is 0.202. The number of hydrogen-bond acceptors (Lipinski definition) is 1. The molecule has 0 N–H and O–H groups in total. The second kappa shape index (κ2) is 11.8. The molecule has 192 valence electrons. The highest BCUT2D eigenvalue weighted by Gasteiger charge is 2.12. The number of hydrogen-bond donors (Lipinski definition) is 0. The van der Waals surface area contributed by atoms with Crippen LogP contribution in [0.2, 0.25) is 0 Å². The van der Waals surface area contributed by atoms with Crippen LogP contribution in [0.25, 0.3) is 44.5 Å². The Kier molecular flexibility index (Phi) is 7.46.